The Morgan fingerprint density at radius 1 is 1.03 bits per heavy atom. The molecule has 5 rings (SSSR count). The quantitative estimate of drug-likeness (QED) is 0.404. The summed E-state index contributed by atoms with van der Waals surface area (Å²) in [6, 6.07) is 10.7. The summed E-state index contributed by atoms with van der Waals surface area (Å²) in [5.41, 5.74) is 1.32. The number of urea groups is 1. The average molecular weight is 468 g/mol. The van der Waals surface area contributed by atoms with Gasteiger partial charge in [-0.15, -0.1) is 11.3 Å². The van der Waals surface area contributed by atoms with Crippen molar-refractivity contribution in [3.05, 3.63) is 94.6 Å². The summed E-state index contributed by atoms with van der Waals surface area (Å²) < 4.78 is 46.9. The Bertz CT molecular complexity index is 1350. The van der Waals surface area contributed by atoms with E-state index >= 15 is 0 Å². The van der Waals surface area contributed by atoms with Crippen LogP contribution < -0.4 is 10.2 Å². The molecule has 1 aliphatic heterocycles. The number of hydrogen-bond acceptors (Lipinski definition) is 5. The summed E-state index contributed by atoms with van der Waals surface area (Å²) in [5, 5.41) is 8.71. The summed E-state index contributed by atoms with van der Waals surface area (Å²) in [6.07, 6.45) is 0. The van der Waals surface area contributed by atoms with Gasteiger partial charge in [-0.2, -0.15) is 4.98 Å². The van der Waals surface area contributed by atoms with Crippen molar-refractivity contribution in [1.82, 2.24) is 15.5 Å². The number of hydrogen-bond donors (Lipinski definition) is 1. The molecule has 33 heavy (non-hydrogen) atoms. The van der Waals surface area contributed by atoms with E-state index in [1.54, 1.807) is 6.92 Å². The minimum Gasteiger partial charge on any atom is -0.334 e. The van der Waals surface area contributed by atoms with Crippen molar-refractivity contribution in [1.29, 1.82) is 0 Å². The molecule has 1 atom stereocenters. The van der Waals surface area contributed by atoms with E-state index in [0.29, 0.717) is 22.7 Å². The SMILES string of the molecule is CC1=C(c2nc(-c3cccs3)no2)C(c2ccc(F)cc2)NC(=O)N1c1cc(F)cc(F)c1. The number of anilines is 1. The van der Waals surface area contributed by atoms with Gasteiger partial charge in [0.25, 0.3) is 5.89 Å². The van der Waals surface area contributed by atoms with E-state index < -0.39 is 29.5 Å². The molecule has 1 N–H and O–H groups in total. The molecule has 10 heteroatoms. The van der Waals surface area contributed by atoms with Gasteiger partial charge in [-0.25, -0.2) is 18.0 Å². The molecule has 6 nitrogen and oxygen atoms in total. The number of thiophene rings is 1. The van der Waals surface area contributed by atoms with Crippen LogP contribution in [0, 0.1) is 17.5 Å². The second-order valence-electron chi connectivity index (χ2n) is 7.30. The molecule has 0 radical (unpaired) electrons. The van der Waals surface area contributed by atoms with E-state index in [4.69, 9.17) is 4.52 Å². The van der Waals surface area contributed by atoms with Crippen molar-refractivity contribution < 1.29 is 22.5 Å². The first-order valence-corrected chi connectivity index (χ1v) is 10.7. The standard InChI is InChI=1S/C23H15F3N4O2S/c1-12-19(22-28-21(29-32-22)18-3-2-8-33-18)20(13-4-6-14(24)7-5-13)27-23(31)30(12)17-10-15(25)9-16(26)11-17/h2-11,20H,1H3,(H,27,31). The maximum atomic E-state index is 13.9. The van der Waals surface area contributed by atoms with Crippen molar-refractivity contribution in [3.63, 3.8) is 0 Å². The fraction of sp³-hybridized carbons (Fsp3) is 0.0870. The van der Waals surface area contributed by atoms with Crippen LogP contribution in [0.15, 0.2) is 70.2 Å². The highest BCUT2D eigenvalue weighted by molar-refractivity contribution is 7.13. The second kappa shape index (κ2) is 8.21. The van der Waals surface area contributed by atoms with E-state index in [1.165, 1.54) is 35.6 Å². The van der Waals surface area contributed by atoms with Gasteiger partial charge in [-0.05, 0) is 48.2 Å². The van der Waals surface area contributed by atoms with Crippen molar-refractivity contribution >= 4 is 28.6 Å². The van der Waals surface area contributed by atoms with Gasteiger partial charge in [0.05, 0.1) is 22.2 Å². The number of allylic oxidation sites excluding steroid dienone is 1. The molecule has 2 amide bonds. The highest BCUT2D eigenvalue weighted by Gasteiger charge is 2.37. The molecule has 0 bridgehead atoms. The number of aromatic nitrogens is 2. The third-order valence-corrected chi connectivity index (χ3v) is 6.06. The lowest BCUT2D eigenvalue weighted by Crippen LogP contribution is -2.46. The number of amides is 2. The van der Waals surface area contributed by atoms with E-state index in [1.807, 2.05) is 17.5 Å². The number of rotatable bonds is 4. The van der Waals surface area contributed by atoms with Crippen LogP contribution in [0.1, 0.15) is 24.4 Å². The van der Waals surface area contributed by atoms with E-state index in [9.17, 15) is 18.0 Å². The van der Waals surface area contributed by atoms with Gasteiger partial charge in [-0.1, -0.05) is 23.4 Å². The van der Waals surface area contributed by atoms with Crippen LogP contribution in [0.2, 0.25) is 0 Å². The first kappa shape index (κ1) is 21.0. The summed E-state index contributed by atoms with van der Waals surface area (Å²) in [5.74, 6) is -1.61. The zero-order valence-electron chi connectivity index (χ0n) is 17.1. The fourth-order valence-corrected chi connectivity index (χ4v) is 4.39. The molecule has 0 saturated carbocycles. The third-order valence-electron chi connectivity index (χ3n) is 5.19. The Balaban J connectivity index is 1.68. The molecular weight excluding hydrogens is 453 g/mol. The predicted molar refractivity (Wildman–Crippen MR) is 117 cm³/mol. The molecule has 2 aromatic heterocycles. The number of nitrogens with one attached hydrogen (secondary N) is 1. The topological polar surface area (TPSA) is 71.3 Å². The normalized spacial score (nSPS) is 16.3. The maximum Gasteiger partial charge on any atom is 0.327 e. The lowest BCUT2D eigenvalue weighted by Gasteiger charge is -2.35. The highest BCUT2D eigenvalue weighted by atomic mass is 32.1. The summed E-state index contributed by atoms with van der Waals surface area (Å²) in [4.78, 5) is 19.4. The van der Waals surface area contributed by atoms with Crippen LogP contribution in [-0.4, -0.2) is 16.2 Å². The first-order chi connectivity index (χ1) is 15.9. The van der Waals surface area contributed by atoms with Gasteiger partial charge < -0.3 is 9.84 Å². The van der Waals surface area contributed by atoms with Gasteiger partial charge in [-0.3, -0.25) is 4.90 Å². The Morgan fingerprint density at radius 3 is 2.42 bits per heavy atom. The third kappa shape index (κ3) is 3.89. The molecule has 2 aromatic carbocycles. The van der Waals surface area contributed by atoms with E-state index in [-0.39, 0.29) is 11.6 Å². The number of halogens is 3. The van der Waals surface area contributed by atoms with Crippen LogP contribution in [0.3, 0.4) is 0 Å². The molecule has 0 fully saturated rings. The van der Waals surface area contributed by atoms with E-state index in [2.05, 4.69) is 15.5 Å². The molecule has 0 aliphatic carbocycles. The zero-order valence-corrected chi connectivity index (χ0v) is 17.9. The van der Waals surface area contributed by atoms with Crippen molar-refractivity contribution in [2.75, 3.05) is 4.90 Å². The van der Waals surface area contributed by atoms with Crippen LogP contribution in [0.4, 0.5) is 23.7 Å². The number of carbonyl (C=O) groups is 1. The maximum absolute atomic E-state index is 13.9. The van der Waals surface area contributed by atoms with Gasteiger partial charge in [0.2, 0.25) is 5.82 Å². The number of carbonyl (C=O) groups excluding carboxylic acids is 1. The molecule has 4 aromatic rings. The molecule has 0 saturated heterocycles. The summed E-state index contributed by atoms with van der Waals surface area (Å²) in [7, 11) is 0. The monoisotopic (exact) mass is 468 g/mol. The summed E-state index contributed by atoms with van der Waals surface area (Å²) in [6.45, 7) is 1.61. The average Bonchev–Trinajstić information content (AvgIpc) is 3.45. The lowest BCUT2D eigenvalue weighted by molar-refractivity contribution is 0.244. The highest BCUT2D eigenvalue weighted by Crippen LogP contribution is 2.39. The van der Waals surface area contributed by atoms with Crippen molar-refractivity contribution in [2.45, 2.75) is 13.0 Å². The zero-order chi connectivity index (χ0) is 23.1. The van der Waals surface area contributed by atoms with Gasteiger partial charge in [0, 0.05) is 11.8 Å². The predicted octanol–water partition coefficient (Wildman–Crippen LogP) is 5.92. The molecule has 3 heterocycles. The van der Waals surface area contributed by atoms with E-state index in [0.717, 1.165) is 28.0 Å². The molecule has 166 valence electrons. The van der Waals surface area contributed by atoms with Gasteiger partial charge in [0.1, 0.15) is 17.5 Å². The molecular formula is C23H15F3N4O2S. The molecule has 1 aliphatic rings. The Labute approximate surface area is 190 Å². The van der Waals surface area contributed by atoms with Gasteiger partial charge >= 0.3 is 6.03 Å². The smallest absolute Gasteiger partial charge is 0.327 e. The Hall–Kier alpha value is -3.92. The molecule has 1 unspecified atom stereocenters. The fourth-order valence-electron chi connectivity index (χ4n) is 3.74. The van der Waals surface area contributed by atoms with Crippen LogP contribution in [0.5, 0.6) is 0 Å². The minimum absolute atomic E-state index is 0.00412. The van der Waals surface area contributed by atoms with Crippen molar-refractivity contribution in [3.8, 4) is 10.7 Å². The van der Waals surface area contributed by atoms with Crippen LogP contribution in [0.25, 0.3) is 16.3 Å². The summed E-state index contributed by atoms with van der Waals surface area (Å²) >= 11 is 1.43. The lowest BCUT2D eigenvalue weighted by atomic mass is 9.94. The largest absolute Gasteiger partial charge is 0.334 e. The van der Waals surface area contributed by atoms with Gasteiger partial charge in [0.15, 0.2) is 0 Å². The minimum atomic E-state index is -0.828. The Kier molecular flexibility index (Phi) is 5.21. The number of benzene rings is 2. The second-order valence-corrected chi connectivity index (χ2v) is 8.24. The number of nitrogens with zero attached hydrogens (tertiary/aromatic N) is 3. The molecule has 0 spiro atoms. The Morgan fingerprint density at radius 2 is 1.76 bits per heavy atom. The van der Waals surface area contributed by atoms with Crippen molar-refractivity contribution in [2.24, 2.45) is 0 Å². The van der Waals surface area contributed by atoms with Crippen LogP contribution in [-0.2, 0) is 0 Å². The van der Waals surface area contributed by atoms with Crippen LogP contribution >= 0.6 is 11.3 Å². The first-order valence-electron chi connectivity index (χ1n) is 9.81.